The Morgan fingerprint density at radius 2 is 1.75 bits per heavy atom. The number of nitrogens with two attached hydrogens (primary N) is 1. The Morgan fingerprint density at radius 1 is 1.05 bits per heavy atom. The number of hydrogen-bond donors (Lipinski definition) is 2. The molecule has 0 radical (unpaired) electrons. The fraction of sp³-hybridized carbons (Fsp3) is 0.200. The van der Waals surface area contributed by atoms with Gasteiger partial charge in [0, 0.05) is 26.4 Å². The van der Waals surface area contributed by atoms with Crippen LogP contribution in [0.25, 0.3) is 0 Å². The van der Waals surface area contributed by atoms with E-state index in [1.54, 1.807) is 12.1 Å². The Kier molecular flexibility index (Phi) is 5.64. The number of hydrogen-bond acceptors (Lipinski definition) is 2. The van der Waals surface area contributed by atoms with Gasteiger partial charge in [-0.25, -0.2) is 0 Å². The summed E-state index contributed by atoms with van der Waals surface area (Å²) in [6.07, 6.45) is -0.703. The molecule has 2 nitrogen and oxygen atoms in total. The average molecular weight is 420 g/mol. The zero-order valence-electron chi connectivity index (χ0n) is 10.6. The van der Waals surface area contributed by atoms with Gasteiger partial charge < -0.3 is 10.8 Å². The predicted molar refractivity (Wildman–Crippen MR) is 90.0 cm³/mol. The van der Waals surface area contributed by atoms with Gasteiger partial charge in [0.2, 0.25) is 0 Å². The molecular weight excluding hydrogens is 405 g/mol. The fourth-order valence-corrected chi connectivity index (χ4v) is 3.66. The Balaban J connectivity index is 2.39. The molecule has 0 aliphatic carbocycles. The van der Waals surface area contributed by atoms with Crippen LogP contribution in [0.1, 0.15) is 23.1 Å². The van der Waals surface area contributed by atoms with Crippen molar-refractivity contribution < 1.29 is 5.11 Å². The summed E-state index contributed by atoms with van der Waals surface area (Å²) in [6, 6.07) is 13.1. The van der Waals surface area contributed by atoms with Gasteiger partial charge in [0.1, 0.15) is 0 Å². The van der Waals surface area contributed by atoms with Gasteiger partial charge in [0.25, 0.3) is 0 Å². The molecule has 2 rings (SSSR count). The molecule has 2 aromatic rings. The molecule has 0 aliphatic rings. The van der Waals surface area contributed by atoms with Crippen molar-refractivity contribution in [3.05, 3.63) is 67.6 Å². The number of halogens is 3. The second-order valence-corrected chi connectivity index (χ2v) is 6.62. The van der Waals surface area contributed by atoms with Crippen molar-refractivity contribution in [3.8, 4) is 0 Å². The van der Waals surface area contributed by atoms with E-state index in [0.717, 1.165) is 20.1 Å². The quantitative estimate of drug-likeness (QED) is 0.758. The average Bonchev–Trinajstić information content (AvgIpc) is 2.41. The molecule has 0 fully saturated rings. The summed E-state index contributed by atoms with van der Waals surface area (Å²) in [7, 11) is 0. The normalized spacial score (nSPS) is 14.1. The molecule has 2 aromatic carbocycles. The van der Waals surface area contributed by atoms with Crippen molar-refractivity contribution >= 4 is 43.5 Å². The van der Waals surface area contributed by atoms with E-state index >= 15 is 0 Å². The highest BCUT2D eigenvalue weighted by atomic mass is 79.9. The summed E-state index contributed by atoms with van der Waals surface area (Å²) in [4.78, 5) is 0. The van der Waals surface area contributed by atoms with E-state index in [9.17, 15) is 5.11 Å². The molecule has 3 N–H and O–H groups in total. The van der Waals surface area contributed by atoms with Gasteiger partial charge in [0.05, 0.1) is 6.10 Å². The van der Waals surface area contributed by atoms with Gasteiger partial charge in [-0.05, 0) is 29.3 Å². The van der Waals surface area contributed by atoms with Crippen molar-refractivity contribution in [1.29, 1.82) is 0 Å². The maximum absolute atomic E-state index is 10.7. The second kappa shape index (κ2) is 7.05. The number of rotatable bonds is 4. The van der Waals surface area contributed by atoms with Gasteiger partial charge in [-0.3, -0.25) is 0 Å². The number of aliphatic hydroxyl groups excluding tert-OH is 1. The summed E-state index contributed by atoms with van der Waals surface area (Å²) in [6.45, 7) is 0.346. The first-order chi connectivity index (χ1) is 9.54. The smallest absolute Gasteiger partial charge is 0.0881 e. The second-order valence-electron chi connectivity index (χ2n) is 4.47. The van der Waals surface area contributed by atoms with Crippen LogP contribution in [0.5, 0.6) is 0 Å². The Bertz CT molecular complexity index is 606. The molecule has 0 aromatic heterocycles. The molecule has 0 saturated carbocycles. The van der Waals surface area contributed by atoms with Crippen LogP contribution in [0.3, 0.4) is 0 Å². The van der Waals surface area contributed by atoms with Crippen LogP contribution in [0.2, 0.25) is 5.02 Å². The molecule has 5 heteroatoms. The highest BCUT2D eigenvalue weighted by molar-refractivity contribution is 9.10. The minimum atomic E-state index is -0.703. The largest absolute Gasteiger partial charge is 0.388 e. The predicted octanol–water partition coefficient (Wildman–Crippen LogP) is 4.64. The molecule has 0 saturated heterocycles. The molecular formula is C15H14Br2ClNO. The van der Waals surface area contributed by atoms with Crippen molar-refractivity contribution in [2.75, 3.05) is 6.54 Å². The van der Waals surface area contributed by atoms with Crippen LogP contribution in [-0.4, -0.2) is 11.7 Å². The van der Waals surface area contributed by atoms with Crippen LogP contribution >= 0.6 is 43.5 Å². The summed E-state index contributed by atoms with van der Waals surface area (Å²) in [5.74, 6) is -0.192. The van der Waals surface area contributed by atoms with Crippen LogP contribution in [-0.2, 0) is 0 Å². The minimum Gasteiger partial charge on any atom is -0.388 e. The lowest BCUT2D eigenvalue weighted by Gasteiger charge is -2.24. The summed E-state index contributed by atoms with van der Waals surface area (Å²) in [5, 5.41) is 11.3. The van der Waals surface area contributed by atoms with E-state index in [2.05, 4.69) is 31.9 Å². The summed E-state index contributed by atoms with van der Waals surface area (Å²) in [5.41, 5.74) is 7.64. The van der Waals surface area contributed by atoms with Gasteiger partial charge in [0.15, 0.2) is 0 Å². The van der Waals surface area contributed by atoms with Crippen molar-refractivity contribution in [1.82, 2.24) is 0 Å². The molecule has 0 aliphatic heterocycles. The van der Waals surface area contributed by atoms with Crippen LogP contribution in [0, 0.1) is 0 Å². The molecule has 0 amide bonds. The van der Waals surface area contributed by atoms with E-state index < -0.39 is 6.10 Å². The van der Waals surface area contributed by atoms with Crippen molar-refractivity contribution in [2.45, 2.75) is 12.0 Å². The van der Waals surface area contributed by atoms with Gasteiger partial charge in [-0.15, -0.1) is 0 Å². The van der Waals surface area contributed by atoms with Gasteiger partial charge in [-0.2, -0.15) is 0 Å². The molecule has 0 bridgehead atoms. The zero-order valence-corrected chi connectivity index (χ0v) is 14.5. The van der Waals surface area contributed by atoms with Crippen molar-refractivity contribution in [3.63, 3.8) is 0 Å². The van der Waals surface area contributed by atoms with E-state index in [-0.39, 0.29) is 5.92 Å². The third-order valence-electron chi connectivity index (χ3n) is 3.22. The van der Waals surface area contributed by atoms with E-state index in [1.165, 1.54) is 0 Å². The first-order valence-electron chi connectivity index (χ1n) is 6.12. The Labute approximate surface area is 140 Å². The molecule has 0 heterocycles. The van der Waals surface area contributed by atoms with E-state index in [4.69, 9.17) is 17.3 Å². The molecule has 2 unspecified atom stereocenters. The maximum Gasteiger partial charge on any atom is 0.0881 e. The number of aliphatic hydroxyl groups is 1. The highest BCUT2D eigenvalue weighted by Gasteiger charge is 2.24. The molecule has 106 valence electrons. The Hall–Kier alpha value is -0.390. The monoisotopic (exact) mass is 417 g/mol. The van der Waals surface area contributed by atoms with Crippen LogP contribution in [0.4, 0.5) is 0 Å². The minimum absolute atomic E-state index is 0.192. The third kappa shape index (κ3) is 3.43. The van der Waals surface area contributed by atoms with Crippen LogP contribution in [0.15, 0.2) is 51.4 Å². The van der Waals surface area contributed by atoms with Crippen molar-refractivity contribution in [2.24, 2.45) is 5.73 Å². The first kappa shape index (κ1) is 16.0. The Morgan fingerprint density at radius 3 is 2.35 bits per heavy atom. The number of benzene rings is 2. The molecule has 20 heavy (non-hydrogen) atoms. The van der Waals surface area contributed by atoms with E-state index in [0.29, 0.717) is 11.6 Å². The molecule has 0 spiro atoms. The SMILES string of the molecule is NCC(c1ccccc1Br)C(O)c1ccc(Cl)cc1Br. The maximum atomic E-state index is 10.7. The lowest BCUT2D eigenvalue weighted by molar-refractivity contribution is 0.146. The lowest BCUT2D eigenvalue weighted by Crippen LogP contribution is -2.20. The fourth-order valence-electron chi connectivity index (χ4n) is 2.16. The van der Waals surface area contributed by atoms with E-state index in [1.807, 2.05) is 30.3 Å². The summed E-state index contributed by atoms with van der Waals surface area (Å²) >= 11 is 12.9. The third-order valence-corrected chi connectivity index (χ3v) is 4.86. The topological polar surface area (TPSA) is 46.2 Å². The van der Waals surface area contributed by atoms with Crippen LogP contribution < -0.4 is 5.73 Å². The standard InChI is InChI=1S/C15H14Br2ClNO/c16-13-4-2-1-3-10(13)12(8-19)15(20)11-6-5-9(18)7-14(11)17/h1-7,12,15,20H,8,19H2. The first-order valence-corrected chi connectivity index (χ1v) is 8.08. The van der Waals surface area contributed by atoms with Gasteiger partial charge >= 0.3 is 0 Å². The summed E-state index contributed by atoms with van der Waals surface area (Å²) < 4.78 is 1.72. The molecule has 2 atom stereocenters. The highest BCUT2D eigenvalue weighted by Crippen LogP contribution is 2.37. The lowest BCUT2D eigenvalue weighted by atomic mass is 9.89. The zero-order chi connectivity index (χ0) is 14.7. The van der Waals surface area contributed by atoms with Gasteiger partial charge in [-0.1, -0.05) is 67.7 Å².